The molecule has 1 unspecified atom stereocenters. The highest BCUT2D eigenvalue weighted by Crippen LogP contribution is 2.50. The normalized spacial score (nSPS) is 21.3. The van der Waals surface area contributed by atoms with E-state index >= 15 is 0 Å². The van der Waals surface area contributed by atoms with E-state index in [2.05, 4.69) is 0 Å². The van der Waals surface area contributed by atoms with E-state index in [-0.39, 0.29) is 36.2 Å². The second-order valence-electron chi connectivity index (χ2n) is 5.13. The molecule has 0 bridgehead atoms. The van der Waals surface area contributed by atoms with Gasteiger partial charge in [-0.05, 0) is 37.5 Å². The lowest BCUT2D eigenvalue weighted by molar-refractivity contribution is -0.191. The van der Waals surface area contributed by atoms with Crippen LogP contribution in [0.15, 0.2) is 18.2 Å². The zero-order chi connectivity index (χ0) is 17.7. The van der Waals surface area contributed by atoms with Gasteiger partial charge >= 0.3 is 12.1 Å². The first-order valence-corrected chi connectivity index (χ1v) is 7.51. The third kappa shape index (κ3) is 3.77. The Balaban J connectivity index is 0.000000816. The van der Waals surface area contributed by atoms with E-state index in [0.717, 1.165) is 0 Å². The van der Waals surface area contributed by atoms with Crippen molar-refractivity contribution in [3.63, 3.8) is 0 Å². The average molecular weight is 347 g/mol. The summed E-state index contributed by atoms with van der Waals surface area (Å²) in [5, 5.41) is 0.249. The summed E-state index contributed by atoms with van der Waals surface area (Å²) in [7, 11) is 0. The van der Waals surface area contributed by atoms with E-state index in [9.17, 15) is 13.6 Å². The SMILES string of the molecule is CCOC(=O)C1(CC)CCC(F)(F)c2cc(Cl)ccc21.O=C=O. The quantitative estimate of drug-likeness (QED) is 0.780. The molecule has 0 aliphatic heterocycles. The number of esters is 1. The van der Waals surface area contributed by atoms with Crippen LogP contribution in [0, 0.1) is 0 Å². The van der Waals surface area contributed by atoms with Crippen LogP contribution in [0.4, 0.5) is 8.78 Å². The molecule has 2 rings (SSSR count). The lowest BCUT2D eigenvalue weighted by Crippen LogP contribution is -2.43. The number of ether oxygens (including phenoxy) is 1. The van der Waals surface area contributed by atoms with E-state index in [1.54, 1.807) is 13.0 Å². The monoisotopic (exact) mass is 346 g/mol. The number of halogens is 3. The van der Waals surface area contributed by atoms with Gasteiger partial charge in [0.1, 0.15) is 0 Å². The number of alkyl halides is 2. The van der Waals surface area contributed by atoms with Gasteiger partial charge in [0, 0.05) is 17.0 Å². The molecule has 7 heteroatoms. The van der Waals surface area contributed by atoms with Gasteiger partial charge in [-0.15, -0.1) is 0 Å². The molecule has 0 heterocycles. The molecule has 0 fully saturated rings. The molecule has 1 aromatic rings. The van der Waals surface area contributed by atoms with E-state index in [1.807, 2.05) is 6.92 Å². The minimum atomic E-state index is -2.95. The fourth-order valence-electron chi connectivity index (χ4n) is 2.87. The molecule has 0 radical (unpaired) electrons. The number of fused-ring (bicyclic) bond motifs is 1. The number of hydrogen-bond donors (Lipinski definition) is 0. The molecule has 0 spiro atoms. The van der Waals surface area contributed by atoms with E-state index in [4.69, 9.17) is 25.9 Å². The predicted octanol–water partition coefficient (Wildman–Crippen LogP) is 3.85. The van der Waals surface area contributed by atoms with Gasteiger partial charge < -0.3 is 4.74 Å². The summed E-state index contributed by atoms with van der Waals surface area (Å²) in [6, 6.07) is 4.34. The van der Waals surface area contributed by atoms with Crippen molar-refractivity contribution in [2.45, 2.75) is 44.4 Å². The lowest BCUT2D eigenvalue weighted by atomic mass is 9.67. The van der Waals surface area contributed by atoms with E-state index in [1.165, 1.54) is 12.1 Å². The molecule has 0 amide bonds. The van der Waals surface area contributed by atoms with Crippen LogP contribution in [0.1, 0.15) is 44.2 Å². The summed E-state index contributed by atoms with van der Waals surface area (Å²) in [5.41, 5.74) is -0.789. The Morgan fingerprint density at radius 3 is 2.39 bits per heavy atom. The molecule has 1 atom stereocenters. The van der Waals surface area contributed by atoms with Crippen molar-refractivity contribution in [3.8, 4) is 0 Å². The number of carbonyl (C=O) groups is 1. The number of carbonyl (C=O) groups excluding carboxylic acids is 3. The summed E-state index contributed by atoms with van der Waals surface area (Å²) in [6.07, 6.45) is 0.396. The van der Waals surface area contributed by atoms with Gasteiger partial charge in [-0.2, -0.15) is 9.59 Å². The minimum absolute atomic E-state index is 0.0873. The van der Waals surface area contributed by atoms with Crippen molar-refractivity contribution in [1.82, 2.24) is 0 Å². The van der Waals surface area contributed by atoms with Crippen LogP contribution in [-0.2, 0) is 30.5 Å². The Hall–Kier alpha value is -1.78. The first-order chi connectivity index (χ1) is 10.8. The fourth-order valence-corrected chi connectivity index (χ4v) is 3.04. The average Bonchev–Trinajstić information content (AvgIpc) is 2.49. The molecule has 1 aliphatic rings. The van der Waals surface area contributed by atoms with Crippen LogP contribution in [0.2, 0.25) is 5.02 Å². The fraction of sp³-hybridized carbons (Fsp3) is 0.500. The predicted molar refractivity (Wildman–Crippen MR) is 78.2 cm³/mol. The van der Waals surface area contributed by atoms with E-state index in [0.29, 0.717) is 12.0 Å². The first kappa shape index (κ1) is 19.3. The van der Waals surface area contributed by atoms with Gasteiger partial charge in [-0.1, -0.05) is 24.6 Å². The zero-order valence-electron chi connectivity index (χ0n) is 12.8. The van der Waals surface area contributed by atoms with Crippen LogP contribution in [0.25, 0.3) is 0 Å². The van der Waals surface area contributed by atoms with Crippen LogP contribution >= 0.6 is 11.6 Å². The van der Waals surface area contributed by atoms with Crippen molar-refractivity contribution in [3.05, 3.63) is 34.3 Å². The molecule has 0 N–H and O–H groups in total. The van der Waals surface area contributed by atoms with Crippen molar-refractivity contribution < 1.29 is 27.9 Å². The third-order valence-electron chi connectivity index (χ3n) is 4.03. The summed E-state index contributed by atoms with van der Waals surface area (Å²) in [6.45, 7) is 3.76. The largest absolute Gasteiger partial charge is 0.465 e. The smallest absolute Gasteiger partial charge is 0.373 e. The van der Waals surface area contributed by atoms with E-state index < -0.39 is 17.3 Å². The minimum Gasteiger partial charge on any atom is -0.465 e. The summed E-state index contributed by atoms with van der Waals surface area (Å²) >= 11 is 5.83. The number of hydrogen-bond acceptors (Lipinski definition) is 4. The molecule has 0 saturated heterocycles. The molecule has 23 heavy (non-hydrogen) atoms. The Bertz CT molecular complexity index is 612. The molecule has 4 nitrogen and oxygen atoms in total. The zero-order valence-corrected chi connectivity index (χ0v) is 13.6. The van der Waals surface area contributed by atoms with Crippen molar-refractivity contribution in [2.75, 3.05) is 6.61 Å². The van der Waals surface area contributed by atoms with Crippen molar-refractivity contribution in [1.29, 1.82) is 0 Å². The standard InChI is InChI=1S/C15H17ClF2O2.CO2/c1-3-14(13(19)20-4-2)7-8-15(17,18)12-9-10(16)5-6-11(12)14;2-1-3/h5-6,9H,3-4,7-8H2,1-2H3;. The topological polar surface area (TPSA) is 60.4 Å². The molecule has 0 saturated carbocycles. The van der Waals surface area contributed by atoms with Crippen LogP contribution in [-0.4, -0.2) is 18.7 Å². The first-order valence-electron chi connectivity index (χ1n) is 7.14. The summed E-state index contributed by atoms with van der Waals surface area (Å²) in [4.78, 5) is 28.6. The van der Waals surface area contributed by atoms with Crippen molar-refractivity contribution in [2.24, 2.45) is 0 Å². The molecular weight excluding hydrogens is 330 g/mol. The number of rotatable bonds is 3. The van der Waals surface area contributed by atoms with Crippen LogP contribution in [0.3, 0.4) is 0 Å². The van der Waals surface area contributed by atoms with Gasteiger partial charge in [-0.3, -0.25) is 4.79 Å². The maximum Gasteiger partial charge on any atom is 0.373 e. The third-order valence-corrected chi connectivity index (χ3v) is 4.26. The van der Waals surface area contributed by atoms with Crippen LogP contribution in [0.5, 0.6) is 0 Å². The molecular formula is C16H17ClF2O4. The Labute approximate surface area is 137 Å². The maximum absolute atomic E-state index is 14.1. The maximum atomic E-state index is 14.1. The van der Waals surface area contributed by atoms with Gasteiger partial charge in [0.2, 0.25) is 0 Å². The van der Waals surface area contributed by atoms with Gasteiger partial charge in [0.25, 0.3) is 5.92 Å². The van der Waals surface area contributed by atoms with Crippen LogP contribution < -0.4 is 0 Å². The molecule has 126 valence electrons. The second-order valence-corrected chi connectivity index (χ2v) is 5.57. The van der Waals surface area contributed by atoms with Gasteiger partial charge in [0.15, 0.2) is 0 Å². The highest BCUT2D eigenvalue weighted by molar-refractivity contribution is 6.30. The molecule has 1 aliphatic carbocycles. The molecule has 1 aromatic carbocycles. The number of benzene rings is 1. The molecule has 0 aromatic heterocycles. The van der Waals surface area contributed by atoms with Gasteiger partial charge in [-0.25, -0.2) is 8.78 Å². The van der Waals surface area contributed by atoms with Crippen molar-refractivity contribution >= 4 is 23.7 Å². The second kappa shape index (κ2) is 7.66. The summed E-state index contributed by atoms with van der Waals surface area (Å²) < 4.78 is 33.3. The Morgan fingerprint density at radius 2 is 1.87 bits per heavy atom. The summed E-state index contributed by atoms with van der Waals surface area (Å²) in [5.74, 6) is -3.38. The highest BCUT2D eigenvalue weighted by Gasteiger charge is 2.51. The Morgan fingerprint density at radius 1 is 1.26 bits per heavy atom. The lowest BCUT2D eigenvalue weighted by Gasteiger charge is -2.39. The highest BCUT2D eigenvalue weighted by atomic mass is 35.5. The van der Waals surface area contributed by atoms with Gasteiger partial charge in [0.05, 0.1) is 12.0 Å². The Kier molecular flexibility index (Phi) is 6.42.